The second-order valence-corrected chi connectivity index (χ2v) is 3.89. The number of aromatic nitrogens is 1. The zero-order valence-electron chi connectivity index (χ0n) is 9.98. The second kappa shape index (κ2) is 5.46. The molecule has 1 aromatic heterocycles. The van der Waals surface area contributed by atoms with Crippen LogP contribution in [0.5, 0.6) is 0 Å². The van der Waals surface area contributed by atoms with Crippen LogP contribution in [0.4, 0.5) is 0 Å². The van der Waals surface area contributed by atoms with E-state index in [9.17, 15) is 14.4 Å². The molecular formula is C11H14N2O5. The van der Waals surface area contributed by atoms with Crippen LogP contribution in [0.3, 0.4) is 0 Å². The van der Waals surface area contributed by atoms with Crippen LogP contribution in [-0.2, 0) is 4.79 Å². The normalized spacial score (nSPS) is 11.9. The third-order valence-corrected chi connectivity index (χ3v) is 2.38. The minimum absolute atomic E-state index is 0.152. The molecule has 0 fully saturated rings. The number of H-pyrrole nitrogens is 1. The van der Waals surface area contributed by atoms with Gasteiger partial charge in [0.1, 0.15) is 5.56 Å². The van der Waals surface area contributed by atoms with Crippen LogP contribution in [0.15, 0.2) is 10.9 Å². The van der Waals surface area contributed by atoms with E-state index in [1.165, 1.54) is 0 Å². The number of aromatic amines is 1. The molecule has 0 spiro atoms. The van der Waals surface area contributed by atoms with Gasteiger partial charge in [-0.25, -0.2) is 4.79 Å². The first kappa shape index (κ1) is 13.9. The van der Waals surface area contributed by atoms with Gasteiger partial charge < -0.3 is 20.5 Å². The zero-order valence-corrected chi connectivity index (χ0v) is 9.98. The summed E-state index contributed by atoms with van der Waals surface area (Å²) in [7, 11) is 0. The fourth-order valence-electron chi connectivity index (χ4n) is 1.55. The summed E-state index contributed by atoms with van der Waals surface area (Å²) < 4.78 is 0. The molecule has 7 nitrogen and oxygen atoms in total. The lowest BCUT2D eigenvalue weighted by Crippen LogP contribution is -2.45. The molecule has 1 atom stereocenters. The number of carboxylic acids is 1. The van der Waals surface area contributed by atoms with E-state index in [0.717, 1.165) is 0 Å². The molecule has 0 radical (unpaired) electrons. The SMILES string of the molecule is Cc1cc(C)c(C(=O)N[C@H](CO)C(=O)O)c(=O)[nH]1. The molecule has 0 saturated carbocycles. The molecule has 98 valence electrons. The number of amides is 1. The number of carbonyl (C=O) groups is 2. The zero-order chi connectivity index (χ0) is 13.9. The Hall–Kier alpha value is -2.15. The maximum absolute atomic E-state index is 11.8. The van der Waals surface area contributed by atoms with E-state index < -0.39 is 30.1 Å². The molecule has 0 aliphatic heterocycles. The van der Waals surface area contributed by atoms with Gasteiger partial charge >= 0.3 is 5.97 Å². The molecule has 1 heterocycles. The maximum Gasteiger partial charge on any atom is 0.328 e. The highest BCUT2D eigenvalue weighted by Crippen LogP contribution is 2.03. The number of carbonyl (C=O) groups excluding carboxylic acids is 1. The highest BCUT2D eigenvalue weighted by Gasteiger charge is 2.22. The number of nitrogens with one attached hydrogen (secondary N) is 2. The average Bonchev–Trinajstić information content (AvgIpc) is 2.23. The molecule has 1 aromatic rings. The van der Waals surface area contributed by atoms with E-state index in [1.807, 2.05) is 0 Å². The number of aliphatic hydroxyl groups is 1. The van der Waals surface area contributed by atoms with Crippen LogP contribution in [0.25, 0.3) is 0 Å². The molecule has 18 heavy (non-hydrogen) atoms. The first-order valence-corrected chi connectivity index (χ1v) is 5.22. The van der Waals surface area contributed by atoms with Crippen molar-refractivity contribution in [3.8, 4) is 0 Å². The summed E-state index contributed by atoms with van der Waals surface area (Å²) in [4.78, 5) is 36.5. The van der Waals surface area contributed by atoms with Crippen LogP contribution < -0.4 is 10.9 Å². The lowest BCUT2D eigenvalue weighted by atomic mass is 10.1. The molecule has 1 rings (SSSR count). The second-order valence-electron chi connectivity index (χ2n) is 3.89. The lowest BCUT2D eigenvalue weighted by molar-refractivity contribution is -0.140. The Labute approximate surface area is 102 Å². The van der Waals surface area contributed by atoms with Crippen LogP contribution in [0.2, 0.25) is 0 Å². The Bertz CT molecular complexity index is 535. The van der Waals surface area contributed by atoms with Crippen molar-refractivity contribution in [3.05, 3.63) is 33.2 Å². The van der Waals surface area contributed by atoms with Crippen LogP contribution >= 0.6 is 0 Å². The Morgan fingerprint density at radius 2 is 2.06 bits per heavy atom. The maximum atomic E-state index is 11.8. The molecule has 7 heteroatoms. The van der Waals surface area contributed by atoms with E-state index in [4.69, 9.17) is 10.2 Å². The van der Waals surface area contributed by atoms with Gasteiger partial charge in [-0.15, -0.1) is 0 Å². The van der Waals surface area contributed by atoms with Crippen molar-refractivity contribution < 1.29 is 19.8 Å². The van der Waals surface area contributed by atoms with Crippen LogP contribution in [-0.4, -0.2) is 39.7 Å². The summed E-state index contributed by atoms with van der Waals surface area (Å²) in [5.74, 6) is -2.19. The summed E-state index contributed by atoms with van der Waals surface area (Å²) in [6.45, 7) is 2.50. The van der Waals surface area contributed by atoms with Gasteiger partial charge in [0.15, 0.2) is 6.04 Å². The Balaban J connectivity index is 3.05. The van der Waals surface area contributed by atoms with Crippen molar-refractivity contribution in [1.29, 1.82) is 0 Å². The Kier molecular flexibility index (Phi) is 4.22. The Morgan fingerprint density at radius 3 is 2.50 bits per heavy atom. The van der Waals surface area contributed by atoms with E-state index in [0.29, 0.717) is 11.3 Å². The van der Waals surface area contributed by atoms with Crippen molar-refractivity contribution in [2.45, 2.75) is 19.9 Å². The van der Waals surface area contributed by atoms with E-state index in [2.05, 4.69) is 10.3 Å². The number of aliphatic carboxylic acids is 1. The number of rotatable bonds is 4. The lowest BCUT2D eigenvalue weighted by Gasteiger charge is -2.12. The van der Waals surface area contributed by atoms with Crippen molar-refractivity contribution >= 4 is 11.9 Å². The fraction of sp³-hybridized carbons (Fsp3) is 0.364. The largest absolute Gasteiger partial charge is 0.480 e. The predicted octanol–water partition coefficient (Wildman–Crippen LogP) is -0.833. The third-order valence-electron chi connectivity index (χ3n) is 2.38. The summed E-state index contributed by atoms with van der Waals surface area (Å²) in [5.41, 5.74) is 0.300. The highest BCUT2D eigenvalue weighted by atomic mass is 16.4. The topological polar surface area (TPSA) is 119 Å². The van der Waals surface area contributed by atoms with Crippen LogP contribution in [0, 0.1) is 13.8 Å². The molecule has 0 unspecified atom stereocenters. The van der Waals surface area contributed by atoms with Gasteiger partial charge in [-0.05, 0) is 25.5 Å². The van der Waals surface area contributed by atoms with Gasteiger partial charge in [-0.3, -0.25) is 9.59 Å². The van der Waals surface area contributed by atoms with Gasteiger partial charge in [-0.1, -0.05) is 0 Å². The summed E-state index contributed by atoms with van der Waals surface area (Å²) in [5, 5.41) is 19.6. The molecular weight excluding hydrogens is 240 g/mol. The van der Waals surface area contributed by atoms with Crippen molar-refractivity contribution in [1.82, 2.24) is 10.3 Å². The monoisotopic (exact) mass is 254 g/mol. The molecule has 0 bridgehead atoms. The number of pyridine rings is 1. The number of hydrogen-bond acceptors (Lipinski definition) is 4. The predicted molar refractivity (Wildman–Crippen MR) is 62.5 cm³/mol. The van der Waals surface area contributed by atoms with Gasteiger partial charge in [0.2, 0.25) is 0 Å². The van der Waals surface area contributed by atoms with Crippen molar-refractivity contribution in [2.75, 3.05) is 6.61 Å². The number of hydrogen-bond donors (Lipinski definition) is 4. The first-order valence-electron chi connectivity index (χ1n) is 5.22. The van der Waals surface area contributed by atoms with Gasteiger partial charge in [0, 0.05) is 5.69 Å². The molecule has 4 N–H and O–H groups in total. The summed E-state index contributed by atoms with van der Waals surface area (Å²) in [6, 6.07) is 0.169. The summed E-state index contributed by atoms with van der Waals surface area (Å²) in [6.07, 6.45) is 0. The van der Waals surface area contributed by atoms with E-state index in [-0.39, 0.29) is 5.56 Å². The minimum Gasteiger partial charge on any atom is -0.480 e. The molecule has 0 saturated heterocycles. The quantitative estimate of drug-likeness (QED) is 0.559. The number of aryl methyl sites for hydroxylation is 2. The van der Waals surface area contributed by atoms with Crippen LogP contribution in [0.1, 0.15) is 21.6 Å². The number of aliphatic hydroxyl groups excluding tert-OH is 1. The Morgan fingerprint density at radius 1 is 1.44 bits per heavy atom. The van der Waals surface area contributed by atoms with Crippen molar-refractivity contribution in [2.24, 2.45) is 0 Å². The first-order chi connectivity index (χ1) is 8.36. The summed E-state index contributed by atoms with van der Waals surface area (Å²) >= 11 is 0. The minimum atomic E-state index is -1.43. The fourth-order valence-corrected chi connectivity index (χ4v) is 1.55. The van der Waals surface area contributed by atoms with Gasteiger partial charge in [-0.2, -0.15) is 0 Å². The standard InChI is InChI=1S/C11H14N2O5/c1-5-3-6(2)12-9(15)8(5)10(16)13-7(4-14)11(17)18/h3,7,14H,4H2,1-2H3,(H,12,15)(H,13,16)(H,17,18)/t7-/m1/s1. The third kappa shape index (κ3) is 2.95. The average molecular weight is 254 g/mol. The number of carboxylic acid groups (broad SMARTS) is 1. The van der Waals surface area contributed by atoms with E-state index >= 15 is 0 Å². The smallest absolute Gasteiger partial charge is 0.328 e. The molecule has 1 amide bonds. The highest BCUT2D eigenvalue weighted by molar-refractivity contribution is 5.97. The van der Waals surface area contributed by atoms with Gasteiger partial charge in [0.25, 0.3) is 11.5 Å². The van der Waals surface area contributed by atoms with Gasteiger partial charge in [0.05, 0.1) is 6.61 Å². The van der Waals surface area contributed by atoms with E-state index in [1.54, 1.807) is 19.9 Å². The van der Waals surface area contributed by atoms with Crippen molar-refractivity contribution in [3.63, 3.8) is 0 Å². The molecule has 0 aromatic carbocycles. The molecule has 0 aliphatic rings. The molecule has 0 aliphatic carbocycles.